The molecule has 1 aromatic carbocycles. The standard InChI is InChI=1S/C15H24FNO/c1-10(2)9-17(11(3)4)15-7-6-13(16)8-14(15)12(5)18/h6-8,10-12,18H,9H2,1-5H3. The van der Waals surface area contributed by atoms with Gasteiger partial charge in [0.25, 0.3) is 0 Å². The zero-order valence-corrected chi connectivity index (χ0v) is 11.9. The van der Waals surface area contributed by atoms with Gasteiger partial charge < -0.3 is 10.0 Å². The zero-order valence-electron chi connectivity index (χ0n) is 11.9. The third kappa shape index (κ3) is 3.70. The van der Waals surface area contributed by atoms with Crippen molar-refractivity contribution in [2.75, 3.05) is 11.4 Å². The Kier molecular flexibility index (Phi) is 5.15. The van der Waals surface area contributed by atoms with Gasteiger partial charge in [0.05, 0.1) is 6.10 Å². The van der Waals surface area contributed by atoms with E-state index >= 15 is 0 Å². The quantitative estimate of drug-likeness (QED) is 0.864. The summed E-state index contributed by atoms with van der Waals surface area (Å²) in [7, 11) is 0. The van der Waals surface area contributed by atoms with Crippen LogP contribution in [0.3, 0.4) is 0 Å². The molecule has 1 atom stereocenters. The molecule has 3 heteroatoms. The summed E-state index contributed by atoms with van der Waals surface area (Å²) in [5.41, 5.74) is 1.58. The van der Waals surface area contributed by atoms with Crippen LogP contribution in [0.25, 0.3) is 0 Å². The van der Waals surface area contributed by atoms with Crippen LogP contribution >= 0.6 is 0 Å². The fraction of sp³-hybridized carbons (Fsp3) is 0.600. The lowest BCUT2D eigenvalue weighted by Gasteiger charge is -2.33. The van der Waals surface area contributed by atoms with Crippen molar-refractivity contribution in [1.29, 1.82) is 0 Å². The highest BCUT2D eigenvalue weighted by molar-refractivity contribution is 5.55. The number of aliphatic hydroxyl groups is 1. The predicted octanol–water partition coefficient (Wildman–Crippen LogP) is 3.75. The summed E-state index contributed by atoms with van der Waals surface area (Å²) < 4.78 is 13.3. The first-order chi connectivity index (χ1) is 8.32. The zero-order chi connectivity index (χ0) is 13.9. The van der Waals surface area contributed by atoms with E-state index in [1.54, 1.807) is 13.0 Å². The van der Waals surface area contributed by atoms with Gasteiger partial charge in [-0.05, 0) is 44.9 Å². The number of aliphatic hydroxyl groups excluding tert-OH is 1. The van der Waals surface area contributed by atoms with Gasteiger partial charge in [-0.15, -0.1) is 0 Å². The first kappa shape index (κ1) is 15.0. The summed E-state index contributed by atoms with van der Waals surface area (Å²) in [6.45, 7) is 11.1. The van der Waals surface area contributed by atoms with Gasteiger partial charge in [-0.2, -0.15) is 0 Å². The van der Waals surface area contributed by atoms with E-state index in [2.05, 4.69) is 32.6 Å². The molecule has 2 nitrogen and oxygen atoms in total. The fourth-order valence-electron chi connectivity index (χ4n) is 2.10. The minimum Gasteiger partial charge on any atom is -0.389 e. The number of hydrogen-bond acceptors (Lipinski definition) is 2. The molecule has 0 fully saturated rings. The average Bonchev–Trinajstić information content (AvgIpc) is 2.25. The van der Waals surface area contributed by atoms with Crippen molar-refractivity contribution in [3.8, 4) is 0 Å². The lowest BCUT2D eigenvalue weighted by molar-refractivity contribution is 0.199. The van der Waals surface area contributed by atoms with Crippen molar-refractivity contribution in [2.45, 2.75) is 46.8 Å². The molecule has 0 radical (unpaired) electrons. The molecule has 0 saturated carbocycles. The van der Waals surface area contributed by atoms with Crippen LogP contribution in [-0.2, 0) is 0 Å². The van der Waals surface area contributed by atoms with Gasteiger partial charge in [-0.3, -0.25) is 0 Å². The topological polar surface area (TPSA) is 23.5 Å². The smallest absolute Gasteiger partial charge is 0.123 e. The van der Waals surface area contributed by atoms with Crippen molar-refractivity contribution in [2.24, 2.45) is 5.92 Å². The molecule has 0 amide bonds. The Morgan fingerprint density at radius 3 is 2.22 bits per heavy atom. The average molecular weight is 253 g/mol. The molecule has 1 rings (SSSR count). The fourth-order valence-corrected chi connectivity index (χ4v) is 2.10. The SMILES string of the molecule is CC(C)CN(c1ccc(F)cc1C(C)O)C(C)C. The van der Waals surface area contributed by atoms with Crippen LogP contribution in [0.4, 0.5) is 10.1 Å². The summed E-state index contributed by atoms with van der Waals surface area (Å²) >= 11 is 0. The molecule has 0 aliphatic carbocycles. The predicted molar refractivity (Wildman–Crippen MR) is 74.4 cm³/mol. The maximum atomic E-state index is 13.3. The summed E-state index contributed by atoms with van der Waals surface area (Å²) in [4.78, 5) is 2.21. The van der Waals surface area contributed by atoms with Crippen molar-refractivity contribution >= 4 is 5.69 Å². The number of nitrogens with zero attached hydrogens (tertiary/aromatic N) is 1. The molecule has 0 spiro atoms. The van der Waals surface area contributed by atoms with Gasteiger partial charge in [0.15, 0.2) is 0 Å². The number of halogens is 1. The third-order valence-corrected chi connectivity index (χ3v) is 2.93. The second-order valence-electron chi connectivity index (χ2n) is 5.52. The Bertz CT molecular complexity index is 388. The third-order valence-electron chi connectivity index (χ3n) is 2.93. The van der Waals surface area contributed by atoms with Crippen LogP contribution in [0.5, 0.6) is 0 Å². The second-order valence-corrected chi connectivity index (χ2v) is 5.52. The highest BCUT2D eigenvalue weighted by Crippen LogP contribution is 2.29. The van der Waals surface area contributed by atoms with Gasteiger partial charge in [-0.1, -0.05) is 13.8 Å². The maximum absolute atomic E-state index is 13.3. The molecule has 0 aliphatic heterocycles. The van der Waals surface area contributed by atoms with Crippen molar-refractivity contribution in [3.05, 3.63) is 29.6 Å². The van der Waals surface area contributed by atoms with Gasteiger partial charge in [0.1, 0.15) is 5.82 Å². The van der Waals surface area contributed by atoms with Crippen LogP contribution in [0, 0.1) is 11.7 Å². The van der Waals surface area contributed by atoms with E-state index in [4.69, 9.17) is 0 Å². The van der Waals surface area contributed by atoms with Crippen LogP contribution in [0.15, 0.2) is 18.2 Å². The Labute approximate surface area is 109 Å². The molecule has 0 aliphatic rings. The molecule has 0 saturated heterocycles. The van der Waals surface area contributed by atoms with E-state index in [-0.39, 0.29) is 5.82 Å². The number of benzene rings is 1. The van der Waals surface area contributed by atoms with Crippen LogP contribution in [-0.4, -0.2) is 17.7 Å². The summed E-state index contributed by atoms with van der Waals surface area (Å²) in [6.07, 6.45) is -0.663. The first-order valence-corrected chi connectivity index (χ1v) is 6.57. The Morgan fingerprint density at radius 1 is 1.17 bits per heavy atom. The molecule has 0 heterocycles. The molecule has 1 aromatic rings. The Hall–Kier alpha value is -1.09. The van der Waals surface area contributed by atoms with Crippen LogP contribution < -0.4 is 4.90 Å². The Balaban J connectivity index is 3.18. The normalized spacial score (nSPS) is 13.2. The lowest BCUT2D eigenvalue weighted by Crippen LogP contribution is -2.35. The highest BCUT2D eigenvalue weighted by atomic mass is 19.1. The first-order valence-electron chi connectivity index (χ1n) is 6.57. The molecular formula is C15H24FNO. The lowest BCUT2D eigenvalue weighted by atomic mass is 10.0. The van der Waals surface area contributed by atoms with E-state index in [0.717, 1.165) is 12.2 Å². The highest BCUT2D eigenvalue weighted by Gasteiger charge is 2.18. The van der Waals surface area contributed by atoms with Gasteiger partial charge in [-0.25, -0.2) is 4.39 Å². The number of anilines is 1. The van der Waals surface area contributed by atoms with E-state index in [1.807, 2.05) is 0 Å². The van der Waals surface area contributed by atoms with E-state index in [9.17, 15) is 9.50 Å². The van der Waals surface area contributed by atoms with E-state index in [0.29, 0.717) is 17.5 Å². The molecule has 1 unspecified atom stereocenters. The Morgan fingerprint density at radius 2 is 1.78 bits per heavy atom. The molecular weight excluding hydrogens is 229 g/mol. The minimum atomic E-state index is -0.663. The summed E-state index contributed by atoms with van der Waals surface area (Å²) in [5, 5.41) is 9.80. The van der Waals surface area contributed by atoms with Gasteiger partial charge >= 0.3 is 0 Å². The number of hydrogen-bond donors (Lipinski definition) is 1. The second kappa shape index (κ2) is 6.19. The summed E-state index contributed by atoms with van der Waals surface area (Å²) in [5.74, 6) is 0.210. The number of rotatable bonds is 5. The maximum Gasteiger partial charge on any atom is 0.123 e. The molecule has 0 aromatic heterocycles. The van der Waals surface area contributed by atoms with Crippen molar-refractivity contribution in [1.82, 2.24) is 0 Å². The summed E-state index contributed by atoms with van der Waals surface area (Å²) in [6, 6.07) is 4.96. The molecule has 18 heavy (non-hydrogen) atoms. The van der Waals surface area contributed by atoms with Gasteiger partial charge in [0, 0.05) is 23.8 Å². The monoisotopic (exact) mass is 253 g/mol. The largest absolute Gasteiger partial charge is 0.389 e. The van der Waals surface area contributed by atoms with E-state index in [1.165, 1.54) is 12.1 Å². The van der Waals surface area contributed by atoms with E-state index < -0.39 is 6.10 Å². The van der Waals surface area contributed by atoms with Crippen LogP contribution in [0.2, 0.25) is 0 Å². The van der Waals surface area contributed by atoms with Crippen LogP contribution in [0.1, 0.15) is 46.3 Å². The van der Waals surface area contributed by atoms with Crippen molar-refractivity contribution in [3.63, 3.8) is 0 Å². The minimum absolute atomic E-state index is 0.303. The molecule has 1 N–H and O–H groups in total. The van der Waals surface area contributed by atoms with Gasteiger partial charge in [0.2, 0.25) is 0 Å². The van der Waals surface area contributed by atoms with Crippen molar-refractivity contribution < 1.29 is 9.50 Å². The molecule has 102 valence electrons. The molecule has 0 bridgehead atoms.